The molecule has 0 unspecified atom stereocenters. The molecule has 0 radical (unpaired) electrons. The summed E-state index contributed by atoms with van der Waals surface area (Å²) in [4.78, 5) is 0. The first-order valence-corrected chi connectivity index (χ1v) is 5.89. The van der Waals surface area contributed by atoms with E-state index < -0.39 is 0 Å². The van der Waals surface area contributed by atoms with Crippen molar-refractivity contribution in [3.05, 3.63) is 29.8 Å². The number of aryl methyl sites for hydroxylation is 1. The zero-order valence-corrected chi connectivity index (χ0v) is 9.68. The molecule has 6 heteroatoms. The van der Waals surface area contributed by atoms with Crippen molar-refractivity contribution in [2.45, 2.75) is 12.1 Å². The number of rotatable bonds is 4. The fourth-order valence-electron chi connectivity index (χ4n) is 1.33. The predicted molar refractivity (Wildman–Crippen MR) is 61.7 cm³/mol. The number of aromatic nitrogens is 4. The largest absolute Gasteiger partial charge is 0.396 e. The van der Waals surface area contributed by atoms with Crippen molar-refractivity contribution in [3.63, 3.8) is 0 Å². The quantitative estimate of drug-likeness (QED) is 0.804. The van der Waals surface area contributed by atoms with Gasteiger partial charge in [0.2, 0.25) is 5.16 Å². The minimum atomic E-state index is 0.116. The summed E-state index contributed by atoms with van der Waals surface area (Å²) in [5, 5.41) is 21.0. The molecule has 0 saturated heterocycles. The lowest BCUT2D eigenvalue weighted by atomic mass is 10.2. The van der Waals surface area contributed by atoms with Crippen LogP contribution in [0.25, 0.3) is 5.69 Å². The maximum Gasteiger partial charge on any atom is 0.214 e. The lowest BCUT2D eigenvalue weighted by Gasteiger charge is -2.03. The molecule has 1 heterocycles. The normalized spacial score (nSPS) is 10.6. The second-order valence-corrected chi connectivity index (χ2v) is 4.35. The van der Waals surface area contributed by atoms with E-state index in [1.807, 2.05) is 31.2 Å². The van der Waals surface area contributed by atoms with Crippen molar-refractivity contribution >= 4 is 11.8 Å². The number of hydrogen-bond acceptors (Lipinski definition) is 5. The van der Waals surface area contributed by atoms with E-state index in [4.69, 9.17) is 5.11 Å². The Bertz CT molecular complexity index is 471. The van der Waals surface area contributed by atoms with Gasteiger partial charge in [-0.3, -0.25) is 0 Å². The van der Waals surface area contributed by atoms with Gasteiger partial charge in [0.05, 0.1) is 12.3 Å². The first-order chi connectivity index (χ1) is 7.81. The van der Waals surface area contributed by atoms with Crippen LogP contribution in [0.2, 0.25) is 0 Å². The van der Waals surface area contributed by atoms with Crippen molar-refractivity contribution < 1.29 is 5.11 Å². The van der Waals surface area contributed by atoms with Gasteiger partial charge in [0.25, 0.3) is 0 Å². The van der Waals surface area contributed by atoms with Gasteiger partial charge in [0.15, 0.2) is 0 Å². The average Bonchev–Trinajstić information content (AvgIpc) is 2.74. The first-order valence-electron chi connectivity index (χ1n) is 4.90. The van der Waals surface area contributed by atoms with E-state index in [2.05, 4.69) is 15.5 Å². The van der Waals surface area contributed by atoms with Crippen LogP contribution in [0.3, 0.4) is 0 Å². The van der Waals surface area contributed by atoms with Crippen molar-refractivity contribution in [3.8, 4) is 5.69 Å². The lowest BCUT2D eigenvalue weighted by Crippen LogP contribution is -2.00. The van der Waals surface area contributed by atoms with Gasteiger partial charge in [0, 0.05) is 5.75 Å². The van der Waals surface area contributed by atoms with E-state index in [1.54, 1.807) is 4.68 Å². The zero-order valence-electron chi connectivity index (χ0n) is 8.87. The number of aliphatic hydroxyl groups excluding tert-OH is 1. The smallest absolute Gasteiger partial charge is 0.214 e. The van der Waals surface area contributed by atoms with Crippen LogP contribution in [0.1, 0.15) is 5.56 Å². The molecule has 0 spiro atoms. The number of hydrogen-bond donors (Lipinski definition) is 1. The second kappa shape index (κ2) is 5.09. The number of thioether (sulfide) groups is 1. The third kappa shape index (κ3) is 2.40. The highest BCUT2D eigenvalue weighted by Gasteiger charge is 2.08. The van der Waals surface area contributed by atoms with Gasteiger partial charge < -0.3 is 5.11 Å². The SMILES string of the molecule is Cc1cccc(-n2nnnc2SCCO)c1. The summed E-state index contributed by atoms with van der Waals surface area (Å²) in [5.41, 5.74) is 2.09. The standard InChI is InChI=1S/C10H12N4OS/c1-8-3-2-4-9(7-8)14-10(11-12-13-14)16-6-5-15/h2-4,7,15H,5-6H2,1H3. The fraction of sp³-hybridized carbons (Fsp3) is 0.300. The maximum atomic E-state index is 8.77. The van der Waals surface area contributed by atoms with Gasteiger partial charge in [-0.25, -0.2) is 0 Å². The number of benzene rings is 1. The van der Waals surface area contributed by atoms with Gasteiger partial charge in [-0.2, -0.15) is 4.68 Å². The van der Waals surface area contributed by atoms with Crippen LogP contribution in [0.15, 0.2) is 29.4 Å². The summed E-state index contributed by atoms with van der Waals surface area (Å²) in [6.07, 6.45) is 0. The molecule has 0 fully saturated rings. The maximum absolute atomic E-state index is 8.77. The van der Waals surface area contributed by atoms with E-state index in [0.717, 1.165) is 11.3 Å². The molecule has 0 amide bonds. The number of aliphatic hydroxyl groups is 1. The average molecular weight is 236 g/mol. The second-order valence-electron chi connectivity index (χ2n) is 3.28. The van der Waals surface area contributed by atoms with E-state index >= 15 is 0 Å². The third-order valence-electron chi connectivity index (χ3n) is 2.01. The summed E-state index contributed by atoms with van der Waals surface area (Å²) in [6.45, 7) is 2.14. The Labute approximate surface area is 97.5 Å². The monoisotopic (exact) mass is 236 g/mol. The highest BCUT2D eigenvalue weighted by atomic mass is 32.2. The summed E-state index contributed by atoms with van der Waals surface area (Å²) in [5.74, 6) is 0.589. The fourth-order valence-corrected chi connectivity index (χ4v) is 1.96. The van der Waals surface area contributed by atoms with Crippen molar-refractivity contribution in [1.82, 2.24) is 20.2 Å². The van der Waals surface area contributed by atoms with E-state index in [9.17, 15) is 0 Å². The van der Waals surface area contributed by atoms with Crippen LogP contribution in [0.5, 0.6) is 0 Å². The van der Waals surface area contributed by atoms with Gasteiger partial charge in [0.1, 0.15) is 0 Å². The van der Waals surface area contributed by atoms with Gasteiger partial charge in [-0.1, -0.05) is 23.9 Å². The molecule has 0 aliphatic carbocycles. The molecule has 2 aromatic rings. The number of nitrogens with zero attached hydrogens (tertiary/aromatic N) is 4. The molecule has 84 valence electrons. The Hall–Kier alpha value is -1.40. The summed E-state index contributed by atoms with van der Waals surface area (Å²) in [6, 6.07) is 7.95. The van der Waals surface area contributed by atoms with Crippen LogP contribution in [0, 0.1) is 6.92 Å². The van der Waals surface area contributed by atoms with Crippen molar-refractivity contribution in [2.24, 2.45) is 0 Å². The van der Waals surface area contributed by atoms with Crippen LogP contribution in [-0.2, 0) is 0 Å². The van der Waals surface area contributed by atoms with Crippen LogP contribution >= 0.6 is 11.8 Å². The first kappa shape index (κ1) is 11.1. The molecule has 16 heavy (non-hydrogen) atoms. The molecule has 1 aromatic heterocycles. The Kier molecular flexibility index (Phi) is 3.53. The molecular formula is C10H12N4OS. The lowest BCUT2D eigenvalue weighted by molar-refractivity contribution is 0.322. The van der Waals surface area contributed by atoms with Crippen LogP contribution < -0.4 is 0 Å². The van der Waals surface area contributed by atoms with Crippen molar-refractivity contribution in [1.29, 1.82) is 0 Å². The van der Waals surface area contributed by atoms with Gasteiger partial charge in [-0.05, 0) is 35.0 Å². The molecule has 0 bridgehead atoms. The van der Waals surface area contributed by atoms with Crippen LogP contribution in [-0.4, -0.2) is 37.7 Å². The Morgan fingerprint density at radius 2 is 2.31 bits per heavy atom. The molecule has 0 atom stereocenters. The van der Waals surface area contributed by atoms with E-state index in [0.29, 0.717) is 10.9 Å². The Balaban J connectivity index is 2.29. The highest BCUT2D eigenvalue weighted by Crippen LogP contribution is 2.18. The summed E-state index contributed by atoms with van der Waals surface area (Å²) >= 11 is 1.43. The molecule has 1 aromatic carbocycles. The topological polar surface area (TPSA) is 63.8 Å². The minimum absolute atomic E-state index is 0.116. The molecule has 0 aliphatic rings. The highest BCUT2D eigenvalue weighted by molar-refractivity contribution is 7.99. The Morgan fingerprint density at radius 1 is 1.44 bits per heavy atom. The van der Waals surface area contributed by atoms with E-state index in [1.165, 1.54) is 11.8 Å². The molecule has 0 saturated carbocycles. The molecule has 5 nitrogen and oxygen atoms in total. The van der Waals surface area contributed by atoms with Crippen LogP contribution in [0.4, 0.5) is 0 Å². The van der Waals surface area contributed by atoms with Gasteiger partial charge >= 0.3 is 0 Å². The molecule has 1 N–H and O–H groups in total. The summed E-state index contributed by atoms with van der Waals surface area (Å²) < 4.78 is 1.67. The van der Waals surface area contributed by atoms with Gasteiger partial charge in [-0.15, -0.1) is 5.10 Å². The third-order valence-corrected chi connectivity index (χ3v) is 2.91. The predicted octanol–water partition coefficient (Wildman–Crippen LogP) is 1.06. The van der Waals surface area contributed by atoms with Crippen molar-refractivity contribution in [2.75, 3.05) is 12.4 Å². The minimum Gasteiger partial charge on any atom is -0.396 e. The zero-order chi connectivity index (χ0) is 11.4. The van der Waals surface area contributed by atoms with E-state index in [-0.39, 0.29) is 6.61 Å². The summed E-state index contributed by atoms with van der Waals surface area (Å²) in [7, 11) is 0. The number of tetrazole rings is 1. The molecule has 0 aliphatic heterocycles. The molecular weight excluding hydrogens is 224 g/mol. The Morgan fingerprint density at radius 3 is 3.06 bits per heavy atom. The molecule has 2 rings (SSSR count).